The van der Waals surface area contributed by atoms with Crippen LogP contribution in [-0.2, 0) is 6.54 Å². The number of benzene rings is 1. The third-order valence-corrected chi connectivity index (χ3v) is 2.40. The number of aromatic nitrogens is 3. The Kier molecular flexibility index (Phi) is 3.18. The molecule has 0 bridgehead atoms. The standard InChI is InChI=1S/C12H13N3O2/c1-9(16)12-8-15(14-13-12)7-10-3-5-11(17-2)6-4-10/h3-6,8H,7H2,1-2H3. The molecule has 0 N–H and O–H groups in total. The van der Waals surface area contributed by atoms with Gasteiger partial charge in [0.25, 0.3) is 0 Å². The Morgan fingerprint density at radius 2 is 2.06 bits per heavy atom. The van der Waals surface area contributed by atoms with Gasteiger partial charge in [0.05, 0.1) is 19.9 Å². The van der Waals surface area contributed by atoms with Gasteiger partial charge in [0, 0.05) is 6.92 Å². The number of nitrogens with zero attached hydrogens (tertiary/aromatic N) is 3. The van der Waals surface area contributed by atoms with Crippen molar-refractivity contribution in [2.45, 2.75) is 13.5 Å². The zero-order valence-corrected chi connectivity index (χ0v) is 9.75. The predicted molar refractivity (Wildman–Crippen MR) is 62.1 cm³/mol. The van der Waals surface area contributed by atoms with Crippen LogP contribution in [0.1, 0.15) is 23.0 Å². The summed E-state index contributed by atoms with van der Waals surface area (Å²) in [5.74, 6) is 0.739. The van der Waals surface area contributed by atoms with E-state index in [0.717, 1.165) is 11.3 Å². The lowest BCUT2D eigenvalue weighted by molar-refractivity contribution is 0.101. The van der Waals surface area contributed by atoms with Crippen molar-refractivity contribution in [3.8, 4) is 5.75 Å². The molecule has 0 amide bonds. The Hall–Kier alpha value is -2.17. The molecule has 0 aliphatic heterocycles. The molecule has 0 saturated carbocycles. The first kappa shape index (κ1) is 11.3. The van der Waals surface area contributed by atoms with Gasteiger partial charge in [-0.3, -0.25) is 4.79 Å². The molecule has 0 spiro atoms. The maximum absolute atomic E-state index is 11.1. The third-order valence-electron chi connectivity index (χ3n) is 2.40. The number of ketones is 1. The van der Waals surface area contributed by atoms with Gasteiger partial charge in [-0.25, -0.2) is 4.68 Å². The summed E-state index contributed by atoms with van der Waals surface area (Å²) in [5.41, 5.74) is 1.46. The first-order valence-electron chi connectivity index (χ1n) is 5.23. The van der Waals surface area contributed by atoms with Crippen LogP contribution < -0.4 is 4.74 Å². The Labute approximate surface area is 99.0 Å². The summed E-state index contributed by atoms with van der Waals surface area (Å²) in [7, 11) is 1.63. The smallest absolute Gasteiger partial charge is 0.181 e. The fourth-order valence-corrected chi connectivity index (χ4v) is 1.46. The van der Waals surface area contributed by atoms with E-state index in [0.29, 0.717) is 12.2 Å². The highest BCUT2D eigenvalue weighted by molar-refractivity contribution is 5.91. The average molecular weight is 231 g/mol. The Morgan fingerprint density at radius 1 is 1.35 bits per heavy atom. The molecule has 2 rings (SSSR count). The summed E-state index contributed by atoms with van der Waals surface area (Å²) in [6.45, 7) is 2.06. The molecule has 1 aromatic carbocycles. The minimum Gasteiger partial charge on any atom is -0.497 e. The van der Waals surface area contributed by atoms with Crippen molar-refractivity contribution in [2.75, 3.05) is 7.11 Å². The first-order valence-corrected chi connectivity index (χ1v) is 5.23. The van der Waals surface area contributed by atoms with Crippen LogP contribution in [0.2, 0.25) is 0 Å². The summed E-state index contributed by atoms with van der Waals surface area (Å²) < 4.78 is 6.71. The minimum atomic E-state index is -0.0778. The highest BCUT2D eigenvalue weighted by Crippen LogP contribution is 2.12. The molecular formula is C12H13N3O2. The molecule has 0 fully saturated rings. The molecule has 0 unspecified atom stereocenters. The minimum absolute atomic E-state index is 0.0778. The van der Waals surface area contributed by atoms with Crippen molar-refractivity contribution in [3.05, 3.63) is 41.7 Å². The first-order chi connectivity index (χ1) is 8.19. The van der Waals surface area contributed by atoms with E-state index in [9.17, 15) is 4.79 Å². The number of Topliss-reactive ketones (excluding diaryl/α,β-unsaturated/α-hetero) is 1. The van der Waals surface area contributed by atoms with Crippen molar-refractivity contribution < 1.29 is 9.53 Å². The fourth-order valence-electron chi connectivity index (χ4n) is 1.46. The van der Waals surface area contributed by atoms with E-state index in [1.807, 2.05) is 24.3 Å². The average Bonchev–Trinajstić information content (AvgIpc) is 2.79. The highest BCUT2D eigenvalue weighted by atomic mass is 16.5. The molecule has 2 aromatic rings. The third kappa shape index (κ3) is 2.69. The van der Waals surface area contributed by atoms with E-state index in [2.05, 4.69) is 10.3 Å². The van der Waals surface area contributed by atoms with E-state index in [1.54, 1.807) is 18.0 Å². The van der Waals surface area contributed by atoms with Crippen LogP contribution >= 0.6 is 0 Å². The molecule has 0 radical (unpaired) electrons. The van der Waals surface area contributed by atoms with Gasteiger partial charge in [-0.2, -0.15) is 0 Å². The molecule has 5 nitrogen and oxygen atoms in total. The summed E-state index contributed by atoms with van der Waals surface area (Å²) in [6, 6.07) is 7.68. The zero-order valence-electron chi connectivity index (χ0n) is 9.75. The molecule has 88 valence electrons. The van der Waals surface area contributed by atoms with Gasteiger partial charge in [0.2, 0.25) is 0 Å². The fraction of sp³-hybridized carbons (Fsp3) is 0.250. The van der Waals surface area contributed by atoms with E-state index in [-0.39, 0.29) is 5.78 Å². The second-order valence-electron chi connectivity index (χ2n) is 3.71. The molecule has 0 aliphatic rings. The molecule has 1 aromatic heterocycles. The number of hydrogen-bond acceptors (Lipinski definition) is 4. The number of carbonyl (C=O) groups excluding carboxylic acids is 1. The lowest BCUT2D eigenvalue weighted by atomic mass is 10.2. The van der Waals surface area contributed by atoms with Crippen molar-refractivity contribution in [1.29, 1.82) is 0 Å². The SMILES string of the molecule is COc1ccc(Cn2cc(C(C)=O)nn2)cc1. The zero-order chi connectivity index (χ0) is 12.3. The maximum atomic E-state index is 11.1. The monoisotopic (exact) mass is 231 g/mol. The number of methoxy groups -OCH3 is 1. The van der Waals surface area contributed by atoms with Gasteiger partial charge < -0.3 is 4.74 Å². The summed E-state index contributed by atoms with van der Waals surface area (Å²) >= 11 is 0. The van der Waals surface area contributed by atoms with Crippen LogP contribution in [0.3, 0.4) is 0 Å². The van der Waals surface area contributed by atoms with Crippen LogP contribution in [0.25, 0.3) is 0 Å². The largest absolute Gasteiger partial charge is 0.497 e. The topological polar surface area (TPSA) is 57.0 Å². The second-order valence-corrected chi connectivity index (χ2v) is 3.71. The Balaban J connectivity index is 2.11. The molecule has 1 heterocycles. The van der Waals surface area contributed by atoms with E-state index in [1.165, 1.54) is 6.92 Å². The molecular weight excluding hydrogens is 218 g/mol. The van der Waals surface area contributed by atoms with Gasteiger partial charge in [-0.05, 0) is 17.7 Å². The lowest BCUT2D eigenvalue weighted by Gasteiger charge is -2.02. The van der Waals surface area contributed by atoms with Gasteiger partial charge >= 0.3 is 0 Å². The van der Waals surface area contributed by atoms with Crippen molar-refractivity contribution in [2.24, 2.45) is 0 Å². The number of ether oxygens (including phenoxy) is 1. The normalized spacial score (nSPS) is 10.2. The van der Waals surface area contributed by atoms with Crippen LogP contribution in [0.15, 0.2) is 30.5 Å². The lowest BCUT2D eigenvalue weighted by Crippen LogP contribution is -2.00. The Morgan fingerprint density at radius 3 is 2.59 bits per heavy atom. The number of hydrogen-bond donors (Lipinski definition) is 0. The predicted octanol–water partition coefficient (Wildman–Crippen LogP) is 1.54. The van der Waals surface area contributed by atoms with Crippen LogP contribution in [-0.4, -0.2) is 27.9 Å². The highest BCUT2D eigenvalue weighted by Gasteiger charge is 2.05. The molecule has 17 heavy (non-hydrogen) atoms. The summed E-state index contributed by atoms with van der Waals surface area (Å²) in [5, 5.41) is 7.67. The number of rotatable bonds is 4. The van der Waals surface area contributed by atoms with Crippen molar-refractivity contribution in [3.63, 3.8) is 0 Å². The van der Waals surface area contributed by atoms with Gasteiger partial charge in [0.1, 0.15) is 11.4 Å². The second kappa shape index (κ2) is 4.78. The van der Waals surface area contributed by atoms with Crippen LogP contribution in [0.4, 0.5) is 0 Å². The summed E-state index contributed by atoms with van der Waals surface area (Å²) in [4.78, 5) is 11.1. The molecule has 5 heteroatoms. The number of carbonyl (C=O) groups is 1. The van der Waals surface area contributed by atoms with Gasteiger partial charge in [-0.1, -0.05) is 17.3 Å². The van der Waals surface area contributed by atoms with Crippen LogP contribution in [0.5, 0.6) is 5.75 Å². The molecule has 0 saturated heterocycles. The summed E-state index contributed by atoms with van der Waals surface area (Å²) in [6.07, 6.45) is 1.65. The van der Waals surface area contributed by atoms with E-state index in [4.69, 9.17) is 4.74 Å². The Bertz CT molecular complexity index is 517. The van der Waals surface area contributed by atoms with E-state index < -0.39 is 0 Å². The maximum Gasteiger partial charge on any atom is 0.181 e. The van der Waals surface area contributed by atoms with Gasteiger partial charge in [-0.15, -0.1) is 5.10 Å². The van der Waals surface area contributed by atoms with Gasteiger partial charge in [0.15, 0.2) is 5.78 Å². The quantitative estimate of drug-likeness (QED) is 0.749. The van der Waals surface area contributed by atoms with Crippen molar-refractivity contribution in [1.82, 2.24) is 15.0 Å². The van der Waals surface area contributed by atoms with Crippen LogP contribution in [0, 0.1) is 0 Å². The van der Waals surface area contributed by atoms with E-state index >= 15 is 0 Å². The van der Waals surface area contributed by atoms with Crippen molar-refractivity contribution >= 4 is 5.78 Å². The molecule has 0 atom stereocenters. The molecule has 0 aliphatic carbocycles.